The van der Waals surface area contributed by atoms with Crippen LogP contribution >= 0.6 is 0 Å². The molecule has 18 heavy (non-hydrogen) atoms. The van der Waals surface area contributed by atoms with Crippen molar-refractivity contribution >= 4 is 12.1 Å². The highest BCUT2D eigenvalue weighted by Crippen LogP contribution is 2.17. The lowest BCUT2D eigenvalue weighted by Crippen LogP contribution is -2.36. The van der Waals surface area contributed by atoms with Crippen molar-refractivity contribution in [3.63, 3.8) is 0 Å². The largest absolute Gasteiger partial charge is 0.456 e. The van der Waals surface area contributed by atoms with Gasteiger partial charge in [0.2, 0.25) is 0 Å². The van der Waals surface area contributed by atoms with Gasteiger partial charge in [-0.25, -0.2) is 9.59 Å². The van der Waals surface area contributed by atoms with Gasteiger partial charge < -0.3 is 14.8 Å². The Morgan fingerprint density at radius 1 is 1.22 bits per heavy atom. The van der Waals surface area contributed by atoms with E-state index in [1.165, 1.54) is 6.42 Å². The summed E-state index contributed by atoms with van der Waals surface area (Å²) < 4.78 is 9.44. The number of carbonyl (C=O) groups excluding carboxylic acids is 2. The van der Waals surface area contributed by atoms with Crippen LogP contribution in [0.1, 0.15) is 39.0 Å². The molecule has 0 saturated heterocycles. The van der Waals surface area contributed by atoms with Gasteiger partial charge in [-0.2, -0.15) is 0 Å². The molecule has 1 N–H and O–H groups in total. The highest BCUT2D eigenvalue weighted by Gasteiger charge is 2.15. The maximum Gasteiger partial charge on any atom is 0.408 e. The lowest BCUT2D eigenvalue weighted by molar-refractivity contribution is -0.136. The molecule has 0 spiro atoms. The average molecular weight is 253 g/mol. The Bertz CT molecular complexity index is 337. The van der Waals surface area contributed by atoms with Gasteiger partial charge in [-0.15, -0.1) is 0 Å². The zero-order chi connectivity index (χ0) is 13.2. The van der Waals surface area contributed by atoms with E-state index in [9.17, 15) is 9.59 Å². The van der Waals surface area contributed by atoms with Crippen molar-refractivity contribution in [1.29, 1.82) is 0 Å². The summed E-state index contributed by atoms with van der Waals surface area (Å²) in [4.78, 5) is 22.2. The lowest BCUT2D eigenvalue weighted by atomic mass is 9.96. The Hall–Kier alpha value is -1.70. The second-order valence-electron chi connectivity index (χ2n) is 4.08. The van der Waals surface area contributed by atoms with Crippen LogP contribution in [0.15, 0.2) is 0 Å². The van der Waals surface area contributed by atoms with Crippen molar-refractivity contribution in [2.45, 2.75) is 45.1 Å². The van der Waals surface area contributed by atoms with Crippen LogP contribution in [0.25, 0.3) is 0 Å². The highest BCUT2D eigenvalue weighted by atomic mass is 16.5. The first-order valence-electron chi connectivity index (χ1n) is 6.31. The number of nitrogens with one attached hydrogen (secondary N) is 1. The minimum Gasteiger partial charge on any atom is -0.456 e. The molecule has 0 heterocycles. The van der Waals surface area contributed by atoms with Crippen LogP contribution in [0.2, 0.25) is 0 Å². The SMILES string of the molecule is CCOC(=O)C#CCOC(=O)NC1CCCCC1. The van der Waals surface area contributed by atoms with Crippen LogP contribution in [0.3, 0.4) is 0 Å². The molecule has 5 heteroatoms. The minimum absolute atomic E-state index is 0.0998. The predicted octanol–water partition coefficient (Wildman–Crippen LogP) is 1.61. The van der Waals surface area contributed by atoms with Gasteiger partial charge >= 0.3 is 12.1 Å². The van der Waals surface area contributed by atoms with E-state index in [1.807, 2.05) is 0 Å². The quantitative estimate of drug-likeness (QED) is 0.471. The number of hydrogen-bond acceptors (Lipinski definition) is 4. The smallest absolute Gasteiger partial charge is 0.408 e. The third kappa shape index (κ3) is 6.14. The number of amides is 1. The summed E-state index contributed by atoms with van der Waals surface area (Å²) in [5, 5.41) is 2.79. The van der Waals surface area contributed by atoms with Gasteiger partial charge in [-0.1, -0.05) is 19.3 Å². The molecule has 5 nitrogen and oxygen atoms in total. The van der Waals surface area contributed by atoms with Crippen LogP contribution in [0, 0.1) is 11.8 Å². The van der Waals surface area contributed by atoms with E-state index in [2.05, 4.69) is 21.9 Å². The van der Waals surface area contributed by atoms with Gasteiger partial charge in [0.25, 0.3) is 0 Å². The zero-order valence-electron chi connectivity index (χ0n) is 10.7. The number of rotatable bonds is 3. The molecule has 0 aliphatic heterocycles. The van der Waals surface area contributed by atoms with Crippen LogP contribution in [-0.4, -0.2) is 31.3 Å². The summed E-state index contributed by atoms with van der Waals surface area (Å²) in [5.41, 5.74) is 0. The molecule has 0 atom stereocenters. The molecular formula is C13H19NO4. The Labute approximate surface area is 107 Å². The van der Waals surface area contributed by atoms with Crippen molar-refractivity contribution < 1.29 is 19.1 Å². The van der Waals surface area contributed by atoms with E-state index in [1.54, 1.807) is 6.92 Å². The van der Waals surface area contributed by atoms with E-state index in [4.69, 9.17) is 4.74 Å². The topological polar surface area (TPSA) is 64.6 Å². The van der Waals surface area contributed by atoms with E-state index in [0.29, 0.717) is 0 Å². The monoisotopic (exact) mass is 253 g/mol. The van der Waals surface area contributed by atoms with Gasteiger partial charge in [0.05, 0.1) is 6.61 Å². The number of esters is 1. The van der Waals surface area contributed by atoms with Crippen molar-refractivity contribution in [2.75, 3.05) is 13.2 Å². The molecule has 0 unspecified atom stereocenters. The molecule has 1 rings (SSSR count). The molecule has 100 valence electrons. The third-order valence-corrected chi connectivity index (χ3v) is 2.67. The van der Waals surface area contributed by atoms with Crippen molar-refractivity contribution in [1.82, 2.24) is 5.32 Å². The van der Waals surface area contributed by atoms with E-state index in [-0.39, 0.29) is 19.3 Å². The molecule has 1 saturated carbocycles. The molecule has 1 aliphatic rings. The molecule has 1 aliphatic carbocycles. The summed E-state index contributed by atoms with van der Waals surface area (Å²) >= 11 is 0. The average Bonchev–Trinajstić information content (AvgIpc) is 2.36. The van der Waals surface area contributed by atoms with Crippen LogP contribution in [-0.2, 0) is 14.3 Å². The standard InChI is InChI=1S/C13H19NO4/c1-2-17-12(15)9-6-10-18-13(16)14-11-7-4-3-5-8-11/h11H,2-5,7-8,10H2,1H3,(H,14,16). The van der Waals surface area contributed by atoms with E-state index in [0.717, 1.165) is 25.7 Å². The Balaban J connectivity index is 2.14. The first-order chi connectivity index (χ1) is 8.72. The van der Waals surface area contributed by atoms with Gasteiger partial charge in [0.1, 0.15) is 0 Å². The van der Waals surface area contributed by atoms with Gasteiger partial charge in [-0.3, -0.25) is 0 Å². The molecule has 0 bridgehead atoms. The molecule has 1 amide bonds. The number of alkyl carbamates (subject to hydrolysis) is 1. The second kappa shape index (κ2) is 8.40. The normalized spacial score (nSPS) is 15.2. The Morgan fingerprint density at radius 3 is 2.61 bits per heavy atom. The Morgan fingerprint density at radius 2 is 1.94 bits per heavy atom. The van der Waals surface area contributed by atoms with Gasteiger partial charge in [-0.05, 0) is 25.7 Å². The summed E-state index contributed by atoms with van der Waals surface area (Å²) in [6.07, 6.45) is 5.06. The Kier molecular flexibility index (Phi) is 6.70. The number of ether oxygens (including phenoxy) is 2. The third-order valence-electron chi connectivity index (χ3n) is 2.67. The second-order valence-corrected chi connectivity index (χ2v) is 4.08. The molecule has 0 aromatic rings. The molecule has 1 fully saturated rings. The van der Waals surface area contributed by atoms with E-state index < -0.39 is 12.1 Å². The first-order valence-corrected chi connectivity index (χ1v) is 6.31. The summed E-state index contributed by atoms with van der Waals surface area (Å²) in [5.74, 6) is 4.05. The molecule has 0 aromatic carbocycles. The van der Waals surface area contributed by atoms with E-state index >= 15 is 0 Å². The maximum atomic E-state index is 11.4. The summed E-state index contributed by atoms with van der Waals surface area (Å²) in [7, 11) is 0. The molecule has 0 radical (unpaired) electrons. The number of hydrogen-bond donors (Lipinski definition) is 1. The van der Waals surface area contributed by atoms with Gasteiger partial charge in [0.15, 0.2) is 6.61 Å². The summed E-state index contributed by atoms with van der Waals surface area (Å²) in [6.45, 7) is 1.89. The highest BCUT2D eigenvalue weighted by molar-refractivity contribution is 5.88. The minimum atomic E-state index is -0.603. The van der Waals surface area contributed by atoms with Crippen LogP contribution in [0.5, 0.6) is 0 Å². The first kappa shape index (κ1) is 14.4. The predicted molar refractivity (Wildman–Crippen MR) is 65.8 cm³/mol. The zero-order valence-corrected chi connectivity index (χ0v) is 10.7. The molecular weight excluding hydrogens is 234 g/mol. The summed E-state index contributed by atoms with van der Waals surface area (Å²) in [6, 6.07) is 0.212. The fraction of sp³-hybridized carbons (Fsp3) is 0.692. The van der Waals surface area contributed by atoms with Crippen molar-refractivity contribution in [2.24, 2.45) is 0 Å². The maximum absolute atomic E-state index is 11.4. The molecule has 0 aromatic heterocycles. The fourth-order valence-electron chi connectivity index (χ4n) is 1.83. The fourth-order valence-corrected chi connectivity index (χ4v) is 1.83. The van der Waals surface area contributed by atoms with Crippen LogP contribution in [0.4, 0.5) is 4.79 Å². The van der Waals surface area contributed by atoms with Crippen LogP contribution < -0.4 is 5.32 Å². The lowest BCUT2D eigenvalue weighted by Gasteiger charge is -2.21. The van der Waals surface area contributed by atoms with Gasteiger partial charge in [0, 0.05) is 12.0 Å². The van der Waals surface area contributed by atoms with Crippen molar-refractivity contribution in [3.8, 4) is 11.8 Å². The van der Waals surface area contributed by atoms with Crippen molar-refractivity contribution in [3.05, 3.63) is 0 Å². The number of carbonyl (C=O) groups is 2.